The zero-order chi connectivity index (χ0) is 20.8. The molecule has 0 aliphatic rings. The highest BCUT2D eigenvalue weighted by Crippen LogP contribution is 2.19. The fraction of sp³-hybridized carbons (Fsp3) is 0.235. The molecule has 9 nitrogen and oxygen atoms in total. The fourth-order valence-corrected chi connectivity index (χ4v) is 3.54. The van der Waals surface area contributed by atoms with Crippen molar-refractivity contribution >= 4 is 37.6 Å². The van der Waals surface area contributed by atoms with Crippen LogP contribution in [0.5, 0.6) is 11.5 Å². The Bertz CT molecular complexity index is 1020. The van der Waals surface area contributed by atoms with Crippen molar-refractivity contribution < 1.29 is 30.0 Å². The maximum Gasteiger partial charge on any atom is 0.323 e. The third-order valence-corrected chi connectivity index (χ3v) is 5.00. The Balaban J connectivity index is 1.92. The van der Waals surface area contributed by atoms with Crippen LogP contribution in [0.4, 0.5) is 16.2 Å². The number of anilines is 2. The summed E-state index contributed by atoms with van der Waals surface area (Å²) in [6.45, 7) is 1.73. The van der Waals surface area contributed by atoms with Gasteiger partial charge in [-0.2, -0.15) is 16.8 Å². The summed E-state index contributed by atoms with van der Waals surface area (Å²) in [5.41, 5.74) is 0.846. The molecule has 28 heavy (non-hydrogen) atoms. The lowest BCUT2D eigenvalue weighted by Crippen LogP contribution is -2.19. The van der Waals surface area contributed by atoms with Gasteiger partial charge >= 0.3 is 26.3 Å². The molecule has 0 spiro atoms. The topological polar surface area (TPSA) is 128 Å². The highest BCUT2D eigenvalue weighted by Gasteiger charge is 2.11. The van der Waals surface area contributed by atoms with Gasteiger partial charge in [-0.25, -0.2) is 4.79 Å². The Morgan fingerprint density at radius 1 is 0.821 bits per heavy atom. The number of carbonyl (C=O) groups excluding carboxylic acids is 1. The molecule has 0 atom stereocenters. The van der Waals surface area contributed by atoms with Gasteiger partial charge in [0, 0.05) is 11.4 Å². The van der Waals surface area contributed by atoms with Crippen molar-refractivity contribution in [3.05, 3.63) is 48.5 Å². The summed E-state index contributed by atoms with van der Waals surface area (Å²) in [6.07, 6.45) is 1.38. The van der Waals surface area contributed by atoms with Crippen molar-refractivity contribution in [2.45, 2.75) is 13.3 Å². The van der Waals surface area contributed by atoms with E-state index in [9.17, 15) is 21.6 Å². The Morgan fingerprint density at radius 3 is 1.64 bits per heavy atom. The van der Waals surface area contributed by atoms with Crippen molar-refractivity contribution in [1.82, 2.24) is 0 Å². The van der Waals surface area contributed by atoms with Gasteiger partial charge in [-0.05, 0) is 55.0 Å². The molecular formula is C17H20N2O7S2. The van der Waals surface area contributed by atoms with Crippen molar-refractivity contribution in [3.63, 3.8) is 0 Å². The summed E-state index contributed by atoms with van der Waals surface area (Å²) in [5, 5.41) is 5.14. The van der Waals surface area contributed by atoms with Gasteiger partial charge in [-0.15, -0.1) is 0 Å². The molecule has 0 aromatic heterocycles. The predicted octanol–water partition coefficient (Wildman–Crippen LogP) is 2.79. The molecule has 0 radical (unpaired) electrons. The minimum Gasteiger partial charge on any atom is -0.383 e. The molecule has 2 aromatic carbocycles. The molecule has 2 amide bonds. The molecule has 0 saturated heterocycles. The van der Waals surface area contributed by atoms with Crippen molar-refractivity contribution in [3.8, 4) is 11.5 Å². The number of nitrogens with one attached hydrogen (secondary N) is 2. The summed E-state index contributed by atoms with van der Waals surface area (Å²) < 4.78 is 55.0. The van der Waals surface area contributed by atoms with E-state index >= 15 is 0 Å². The van der Waals surface area contributed by atoms with Crippen LogP contribution in [0, 0.1) is 0 Å². The largest absolute Gasteiger partial charge is 0.383 e. The molecule has 2 N–H and O–H groups in total. The predicted molar refractivity (Wildman–Crippen MR) is 106 cm³/mol. The van der Waals surface area contributed by atoms with Crippen molar-refractivity contribution in [2.75, 3.05) is 22.6 Å². The molecule has 0 heterocycles. The lowest BCUT2D eigenvalue weighted by atomic mass is 10.3. The second-order valence-corrected chi connectivity index (χ2v) is 9.03. The van der Waals surface area contributed by atoms with E-state index in [1.165, 1.54) is 48.5 Å². The lowest BCUT2D eigenvalue weighted by molar-refractivity contribution is 0.262. The normalized spacial score (nSPS) is 11.5. The standard InChI is InChI=1S/C17H20N2O7S2/c1-3-12-28(23,24)26-16-10-6-14(7-11-16)19-17(20)18-13-4-8-15(9-5-13)25-27(2,21)22/h4-11H,3,12H2,1-2H3,(H2,18,19,20). The molecule has 0 aliphatic carbocycles. The van der Waals surface area contributed by atoms with Gasteiger partial charge in [-0.3, -0.25) is 0 Å². The van der Waals surface area contributed by atoms with Crippen molar-refractivity contribution in [2.24, 2.45) is 0 Å². The number of carbonyl (C=O) groups is 1. The van der Waals surface area contributed by atoms with Crippen LogP contribution < -0.4 is 19.0 Å². The molecule has 152 valence electrons. The van der Waals surface area contributed by atoms with Crippen LogP contribution in [0.2, 0.25) is 0 Å². The second-order valence-electron chi connectivity index (χ2n) is 5.76. The van der Waals surface area contributed by atoms with Crippen LogP contribution >= 0.6 is 0 Å². The summed E-state index contributed by atoms with van der Waals surface area (Å²) in [5.74, 6) is 0.201. The summed E-state index contributed by atoms with van der Waals surface area (Å²) in [4.78, 5) is 12.0. The van der Waals surface area contributed by atoms with E-state index in [4.69, 9.17) is 8.37 Å². The highest BCUT2D eigenvalue weighted by atomic mass is 32.2. The number of urea groups is 1. The molecule has 0 bridgehead atoms. The number of benzene rings is 2. The Morgan fingerprint density at radius 2 is 1.25 bits per heavy atom. The zero-order valence-electron chi connectivity index (χ0n) is 15.2. The first-order chi connectivity index (χ1) is 13.1. The first kappa shape index (κ1) is 21.5. The number of amides is 2. The summed E-state index contributed by atoms with van der Waals surface area (Å²) in [6, 6.07) is 11.1. The highest BCUT2D eigenvalue weighted by molar-refractivity contribution is 7.87. The maximum atomic E-state index is 12.0. The molecule has 0 aliphatic heterocycles. The molecule has 0 unspecified atom stereocenters. The molecule has 2 aromatic rings. The Kier molecular flexibility index (Phi) is 6.86. The lowest BCUT2D eigenvalue weighted by Gasteiger charge is -2.10. The van der Waals surface area contributed by atoms with E-state index in [1.54, 1.807) is 6.92 Å². The Labute approximate surface area is 163 Å². The SMILES string of the molecule is CCCS(=O)(=O)Oc1ccc(NC(=O)Nc2ccc(OS(C)(=O)=O)cc2)cc1. The van der Waals surface area contributed by atoms with Gasteiger partial charge in [0.1, 0.15) is 11.5 Å². The summed E-state index contributed by atoms with van der Waals surface area (Å²) in [7, 11) is -7.24. The second kappa shape index (κ2) is 8.93. The molecular weight excluding hydrogens is 408 g/mol. The van der Waals surface area contributed by atoms with Gasteiger partial charge in [0.15, 0.2) is 0 Å². The van der Waals surface area contributed by atoms with Crippen LogP contribution in [-0.2, 0) is 20.2 Å². The van der Waals surface area contributed by atoms with E-state index in [0.29, 0.717) is 17.8 Å². The van der Waals surface area contributed by atoms with Gasteiger partial charge < -0.3 is 19.0 Å². The average Bonchev–Trinajstić information content (AvgIpc) is 2.57. The first-order valence-corrected chi connectivity index (χ1v) is 11.6. The van der Waals surface area contributed by atoms with Crippen LogP contribution in [0.3, 0.4) is 0 Å². The van der Waals surface area contributed by atoms with Crippen LogP contribution in [0.25, 0.3) is 0 Å². The number of hydrogen-bond donors (Lipinski definition) is 2. The van der Waals surface area contributed by atoms with E-state index < -0.39 is 26.3 Å². The van der Waals surface area contributed by atoms with Gasteiger partial charge in [0.25, 0.3) is 0 Å². The van der Waals surface area contributed by atoms with Crippen LogP contribution in [0.1, 0.15) is 13.3 Å². The Hall–Kier alpha value is -2.79. The minimum absolute atomic E-state index is 0.0799. The fourth-order valence-electron chi connectivity index (χ4n) is 2.09. The quantitative estimate of drug-likeness (QED) is 0.619. The van der Waals surface area contributed by atoms with Crippen LogP contribution in [0.15, 0.2) is 48.5 Å². The maximum absolute atomic E-state index is 12.0. The van der Waals surface area contributed by atoms with Gasteiger partial charge in [0.2, 0.25) is 0 Å². The van der Waals surface area contributed by atoms with Crippen molar-refractivity contribution in [1.29, 1.82) is 0 Å². The molecule has 0 saturated carbocycles. The van der Waals surface area contributed by atoms with Gasteiger partial charge in [-0.1, -0.05) is 6.92 Å². The molecule has 0 fully saturated rings. The van der Waals surface area contributed by atoms with E-state index in [-0.39, 0.29) is 17.3 Å². The van der Waals surface area contributed by atoms with E-state index in [0.717, 1.165) is 6.26 Å². The van der Waals surface area contributed by atoms with E-state index in [2.05, 4.69) is 10.6 Å². The first-order valence-electron chi connectivity index (χ1n) is 8.16. The smallest absolute Gasteiger partial charge is 0.323 e. The van der Waals surface area contributed by atoms with Gasteiger partial charge in [0.05, 0.1) is 12.0 Å². The minimum atomic E-state index is -3.62. The third kappa shape index (κ3) is 7.45. The zero-order valence-corrected chi connectivity index (χ0v) is 16.8. The van der Waals surface area contributed by atoms with E-state index in [1.807, 2.05) is 0 Å². The third-order valence-electron chi connectivity index (χ3n) is 3.15. The number of rotatable bonds is 8. The average molecular weight is 428 g/mol. The monoisotopic (exact) mass is 428 g/mol. The summed E-state index contributed by atoms with van der Waals surface area (Å²) >= 11 is 0. The molecule has 2 rings (SSSR count). The molecule has 11 heteroatoms. The number of hydrogen-bond acceptors (Lipinski definition) is 7. The van der Waals surface area contributed by atoms with Crippen LogP contribution in [-0.4, -0.2) is 34.9 Å².